The molecule has 1 atom stereocenters. The summed E-state index contributed by atoms with van der Waals surface area (Å²) in [6, 6.07) is 0.671. The van der Waals surface area contributed by atoms with Gasteiger partial charge in [-0.1, -0.05) is 0 Å². The number of nitrogens with one attached hydrogen (secondary N) is 2. The van der Waals surface area contributed by atoms with Gasteiger partial charge in [0.2, 0.25) is 0 Å². The Hall–Kier alpha value is 0.460. The van der Waals surface area contributed by atoms with Gasteiger partial charge in [0.05, 0.1) is 6.10 Å². The maximum Gasteiger partial charge on any atom is 0.0524 e. The second kappa shape index (κ2) is 9.99. The van der Waals surface area contributed by atoms with Crippen molar-refractivity contribution < 1.29 is 5.11 Å². The number of piperidine rings is 1. The molecule has 0 aromatic carbocycles. The van der Waals surface area contributed by atoms with E-state index in [1.807, 2.05) is 6.92 Å². The van der Waals surface area contributed by atoms with Crippen LogP contribution in [0.4, 0.5) is 0 Å². The summed E-state index contributed by atoms with van der Waals surface area (Å²) in [4.78, 5) is 0. The van der Waals surface area contributed by atoms with Crippen LogP contribution in [0.1, 0.15) is 26.2 Å². The highest BCUT2D eigenvalue weighted by Crippen LogP contribution is 2.01. The molecule has 0 spiro atoms. The Labute approximate surface area is 98.9 Å². The van der Waals surface area contributed by atoms with Gasteiger partial charge >= 0.3 is 0 Å². The average Bonchev–Trinajstić information content (AvgIpc) is 2.05. The summed E-state index contributed by atoms with van der Waals surface area (Å²) in [7, 11) is 0. The van der Waals surface area contributed by atoms with Crippen molar-refractivity contribution in [2.24, 2.45) is 0 Å². The molecule has 1 saturated heterocycles. The zero-order valence-corrected chi connectivity index (χ0v) is 10.3. The first-order valence-electron chi connectivity index (χ1n) is 4.91. The van der Waals surface area contributed by atoms with E-state index in [1.54, 1.807) is 0 Å². The second-order valence-electron chi connectivity index (χ2n) is 3.62. The monoisotopic (exact) mass is 244 g/mol. The minimum atomic E-state index is -0.167. The van der Waals surface area contributed by atoms with Crippen molar-refractivity contribution in [2.75, 3.05) is 19.6 Å². The Morgan fingerprint density at radius 2 is 1.93 bits per heavy atom. The van der Waals surface area contributed by atoms with E-state index < -0.39 is 0 Å². The molecule has 3 nitrogen and oxygen atoms in total. The highest BCUT2D eigenvalue weighted by atomic mass is 35.5. The summed E-state index contributed by atoms with van der Waals surface area (Å²) >= 11 is 0. The smallest absolute Gasteiger partial charge is 0.0524 e. The Bertz CT molecular complexity index is 119. The van der Waals surface area contributed by atoms with Crippen molar-refractivity contribution in [3.8, 4) is 0 Å². The van der Waals surface area contributed by atoms with Crippen LogP contribution in [0.2, 0.25) is 0 Å². The standard InChI is InChI=1S/C9H20N2O.2ClH/c1-8(12)2-7-11-9-3-5-10-6-4-9;;/h8-12H,2-7H2,1H3;2*1H/t8-;;/m1../s1. The van der Waals surface area contributed by atoms with Gasteiger partial charge in [-0.2, -0.15) is 0 Å². The van der Waals surface area contributed by atoms with Crippen molar-refractivity contribution in [3.63, 3.8) is 0 Å². The van der Waals surface area contributed by atoms with E-state index in [2.05, 4.69) is 10.6 Å². The number of hydrogen-bond donors (Lipinski definition) is 3. The number of aliphatic hydroxyl groups excluding tert-OH is 1. The molecule has 1 aliphatic heterocycles. The van der Waals surface area contributed by atoms with E-state index in [9.17, 15) is 0 Å². The fourth-order valence-electron chi connectivity index (χ4n) is 1.52. The first-order chi connectivity index (χ1) is 5.79. The average molecular weight is 245 g/mol. The quantitative estimate of drug-likeness (QED) is 0.690. The third-order valence-corrected chi connectivity index (χ3v) is 2.33. The molecule has 0 radical (unpaired) electrons. The lowest BCUT2D eigenvalue weighted by Crippen LogP contribution is -2.40. The summed E-state index contributed by atoms with van der Waals surface area (Å²) in [5.74, 6) is 0. The van der Waals surface area contributed by atoms with Crippen LogP contribution in [-0.2, 0) is 0 Å². The molecule has 14 heavy (non-hydrogen) atoms. The van der Waals surface area contributed by atoms with E-state index in [0.29, 0.717) is 6.04 Å². The molecule has 1 heterocycles. The van der Waals surface area contributed by atoms with Gasteiger partial charge in [0.25, 0.3) is 0 Å². The van der Waals surface area contributed by atoms with Gasteiger partial charge in [-0.3, -0.25) is 0 Å². The maximum absolute atomic E-state index is 9.03. The first kappa shape index (κ1) is 16.9. The first-order valence-corrected chi connectivity index (χ1v) is 4.91. The van der Waals surface area contributed by atoms with Gasteiger partial charge in [0.1, 0.15) is 0 Å². The van der Waals surface area contributed by atoms with Crippen molar-refractivity contribution in [2.45, 2.75) is 38.3 Å². The topological polar surface area (TPSA) is 44.3 Å². The van der Waals surface area contributed by atoms with Gasteiger partial charge in [0.15, 0.2) is 0 Å². The van der Waals surface area contributed by atoms with Crippen LogP contribution < -0.4 is 10.6 Å². The number of rotatable bonds is 4. The normalized spacial score (nSPS) is 19.3. The molecule has 1 rings (SSSR count). The summed E-state index contributed by atoms with van der Waals surface area (Å²) in [5, 5.41) is 15.8. The van der Waals surface area contributed by atoms with E-state index in [0.717, 1.165) is 26.1 Å². The summed E-state index contributed by atoms with van der Waals surface area (Å²) in [6.07, 6.45) is 3.14. The third-order valence-electron chi connectivity index (χ3n) is 2.33. The Kier molecular flexibility index (Phi) is 12.0. The van der Waals surface area contributed by atoms with E-state index >= 15 is 0 Å². The van der Waals surface area contributed by atoms with Crippen LogP contribution in [0.25, 0.3) is 0 Å². The lowest BCUT2D eigenvalue weighted by Gasteiger charge is -2.23. The van der Waals surface area contributed by atoms with Crippen LogP contribution >= 0.6 is 24.8 Å². The Balaban J connectivity index is 0. The van der Waals surface area contributed by atoms with Gasteiger partial charge in [-0.25, -0.2) is 0 Å². The predicted octanol–water partition coefficient (Wildman–Crippen LogP) is 0.942. The molecular weight excluding hydrogens is 223 g/mol. The van der Waals surface area contributed by atoms with Crippen LogP contribution in [0.3, 0.4) is 0 Å². The van der Waals surface area contributed by atoms with E-state index in [1.165, 1.54) is 12.8 Å². The molecule has 0 bridgehead atoms. The summed E-state index contributed by atoms with van der Waals surface area (Å²) < 4.78 is 0. The number of hydrogen-bond acceptors (Lipinski definition) is 3. The van der Waals surface area contributed by atoms with Gasteiger partial charge in [0, 0.05) is 6.04 Å². The SMILES string of the molecule is C[C@@H](O)CCNC1CCNCC1.Cl.Cl. The maximum atomic E-state index is 9.03. The zero-order chi connectivity index (χ0) is 8.81. The molecule has 0 unspecified atom stereocenters. The number of aliphatic hydroxyl groups is 1. The number of halogens is 2. The third kappa shape index (κ3) is 7.83. The minimum Gasteiger partial charge on any atom is -0.393 e. The summed E-state index contributed by atoms with van der Waals surface area (Å²) in [5.41, 5.74) is 0. The van der Waals surface area contributed by atoms with Gasteiger partial charge in [-0.15, -0.1) is 24.8 Å². The van der Waals surface area contributed by atoms with Crippen LogP contribution in [0.5, 0.6) is 0 Å². The van der Waals surface area contributed by atoms with Crippen molar-refractivity contribution >= 4 is 24.8 Å². The molecule has 0 aromatic heterocycles. The molecular formula is C9H22Cl2N2O. The molecule has 0 aromatic rings. The molecule has 5 heteroatoms. The van der Waals surface area contributed by atoms with Crippen LogP contribution in [0.15, 0.2) is 0 Å². The van der Waals surface area contributed by atoms with E-state index in [-0.39, 0.29) is 30.9 Å². The van der Waals surface area contributed by atoms with Gasteiger partial charge in [-0.05, 0) is 45.8 Å². The van der Waals surface area contributed by atoms with Gasteiger partial charge < -0.3 is 15.7 Å². The predicted molar refractivity (Wildman–Crippen MR) is 64.7 cm³/mol. The molecule has 88 valence electrons. The largest absolute Gasteiger partial charge is 0.393 e. The molecule has 0 amide bonds. The second-order valence-corrected chi connectivity index (χ2v) is 3.62. The lowest BCUT2D eigenvalue weighted by molar-refractivity contribution is 0.181. The summed E-state index contributed by atoms with van der Waals surface area (Å²) in [6.45, 7) is 5.05. The van der Waals surface area contributed by atoms with Crippen LogP contribution in [-0.4, -0.2) is 36.9 Å². The zero-order valence-electron chi connectivity index (χ0n) is 8.66. The Morgan fingerprint density at radius 1 is 1.36 bits per heavy atom. The lowest BCUT2D eigenvalue weighted by atomic mass is 10.1. The Morgan fingerprint density at radius 3 is 2.43 bits per heavy atom. The van der Waals surface area contributed by atoms with Crippen molar-refractivity contribution in [1.29, 1.82) is 0 Å². The fraction of sp³-hybridized carbons (Fsp3) is 1.00. The molecule has 0 saturated carbocycles. The molecule has 3 N–H and O–H groups in total. The van der Waals surface area contributed by atoms with Crippen molar-refractivity contribution in [1.82, 2.24) is 10.6 Å². The molecule has 1 fully saturated rings. The fourth-order valence-corrected chi connectivity index (χ4v) is 1.52. The van der Waals surface area contributed by atoms with Crippen LogP contribution in [0, 0.1) is 0 Å². The highest BCUT2D eigenvalue weighted by Gasteiger charge is 2.11. The highest BCUT2D eigenvalue weighted by molar-refractivity contribution is 5.85. The molecule has 1 aliphatic rings. The molecule has 0 aliphatic carbocycles. The minimum absolute atomic E-state index is 0. The van der Waals surface area contributed by atoms with E-state index in [4.69, 9.17) is 5.11 Å². The van der Waals surface area contributed by atoms with Crippen molar-refractivity contribution in [3.05, 3.63) is 0 Å².